The molecule has 0 amide bonds. The number of aliphatic hydroxyl groups excluding tert-OH is 1. The summed E-state index contributed by atoms with van der Waals surface area (Å²) < 4.78 is 0. The van der Waals surface area contributed by atoms with Gasteiger partial charge in [0.1, 0.15) is 12.2 Å². The molecule has 0 saturated heterocycles. The summed E-state index contributed by atoms with van der Waals surface area (Å²) in [5, 5.41) is 16.4. The molecule has 52 valence electrons. The van der Waals surface area contributed by atoms with E-state index in [1.54, 1.807) is 0 Å². The van der Waals surface area contributed by atoms with Crippen molar-refractivity contribution in [2.24, 2.45) is 5.92 Å². The summed E-state index contributed by atoms with van der Waals surface area (Å²) in [5.41, 5.74) is 0. The van der Waals surface area contributed by atoms with E-state index in [-0.39, 0.29) is 13.0 Å². The SMILES string of the molecule is O=CC(CCO)C(=O)O. The van der Waals surface area contributed by atoms with E-state index in [9.17, 15) is 9.59 Å². The minimum absolute atomic E-state index is 0.00116. The Labute approximate surface area is 52.1 Å². The number of aldehydes is 1. The highest BCUT2D eigenvalue weighted by Gasteiger charge is 2.14. The number of hydrogen-bond acceptors (Lipinski definition) is 3. The molecule has 0 saturated carbocycles. The first-order chi connectivity index (χ1) is 4.22. The Balaban J connectivity index is 3.68. The summed E-state index contributed by atoms with van der Waals surface area (Å²) >= 11 is 0. The van der Waals surface area contributed by atoms with Crippen LogP contribution in [0.25, 0.3) is 0 Å². The highest BCUT2D eigenvalue weighted by molar-refractivity contribution is 5.86. The first-order valence-corrected chi connectivity index (χ1v) is 2.51. The van der Waals surface area contributed by atoms with Gasteiger partial charge in [0.25, 0.3) is 0 Å². The average Bonchev–Trinajstić information content (AvgIpc) is 1.82. The highest BCUT2D eigenvalue weighted by Crippen LogP contribution is 1.96. The molecule has 0 aliphatic rings. The van der Waals surface area contributed by atoms with Crippen LogP contribution in [0.1, 0.15) is 6.42 Å². The van der Waals surface area contributed by atoms with E-state index in [0.717, 1.165) is 0 Å². The van der Waals surface area contributed by atoms with Gasteiger partial charge in [0.15, 0.2) is 0 Å². The molecule has 1 atom stereocenters. The van der Waals surface area contributed by atoms with Crippen molar-refractivity contribution < 1.29 is 19.8 Å². The van der Waals surface area contributed by atoms with E-state index in [1.807, 2.05) is 0 Å². The third-order valence-corrected chi connectivity index (χ3v) is 0.922. The van der Waals surface area contributed by atoms with Crippen LogP contribution in [0.2, 0.25) is 0 Å². The van der Waals surface area contributed by atoms with Gasteiger partial charge in [-0.25, -0.2) is 0 Å². The molecule has 0 bridgehead atoms. The monoisotopic (exact) mass is 132 g/mol. The third kappa shape index (κ3) is 2.81. The molecule has 2 N–H and O–H groups in total. The van der Waals surface area contributed by atoms with Crippen LogP contribution in [0, 0.1) is 5.92 Å². The van der Waals surface area contributed by atoms with E-state index in [2.05, 4.69) is 0 Å². The maximum absolute atomic E-state index is 9.98. The summed E-state index contributed by atoms with van der Waals surface area (Å²) in [5.74, 6) is -2.23. The molecule has 0 aromatic rings. The standard InChI is InChI=1S/C5H8O4/c6-2-1-4(3-7)5(8)9/h3-4,6H,1-2H2,(H,8,9). The molecule has 0 aliphatic heterocycles. The number of hydrogen-bond donors (Lipinski definition) is 2. The van der Waals surface area contributed by atoms with Crippen molar-refractivity contribution in [1.29, 1.82) is 0 Å². The Morgan fingerprint density at radius 2 is 2.22 bits per heavy atom. The summed E-state index contributed by atoms with van der Waals surface area (Å²) in [7, 11) is 0. The predicted molar refractivity (Wildman–Crippen MR) is 28.9 cm³/mol. The van der Waals surface area contributed by atoms with E-state index in [0.29, 0.717) is 6.29 Å². The van der Waals surface area contributed by atoms with Crippen LogP contribution >= 0.6 is 0 Å². The molecule has 0 spiro atoms. The Kier molecular flexibility index (Phi) is 3.62. The van der Waals surface area contributed by atoms with E-state index < -0.39 is 11.9 Å². The lowest BCUT2D eigenvalue weighted by molar-refractivity contribution is -0.144. The summed E-state index contributed by atoms with van der Waals surface area (Å²) in [6.07, 6.45) is 0.317. The zero-order chi connectivity index (χ0) is 7.28. The van der Waals surface area contributed by atoms with E-state index in [4.69, 9.17) is 10.2 Å². The molecule has 0 heterocycles. The van der Waals surface area contributed by atoms with Crippen LogP contribution in [0.5, 0.6) is 0 Å². The minimum atomic E-state index is -1.18. The Bertz CT molecular complexity index is 110. The van der Waals surface area contributed by atoms with Gasteiger partial charge in [-0.15, -0.1) is 0 Å². The Morgan fingerprint density at radius 1 is 1.67 bits per heavy atom. The topological polar surface area (TPSA) is 74.6 Å². The van der Waals surface area contributed by atoms with Crippen molar-refractivity contribution in [1.82, 2.24) is 0 Å². The largest absolute Gasteiger partial charge is 0.481 e. The predicted octanol–water partition coefficient (Wildman–Crippen LogP) is -0.732. The van der Waals surface area contributed by atoms with Gasteiger partial charge in [0.05, 0.1) is 0 Å². The molecular formula is C5H8O4. The van der Waals surface area contributed by atoms with Crippen molar-refractivity contribution in [3.8, 4) is 0 Å². The van der Waals surface area contributed by atoms with Crippen LogP contribution in [0.3, 0.4) is 0 Å². The molecule has 0 aromatic carbocycles. The van der Waals surface area contributed by atoms with E-state index in [1.165, 1.54) is 0 Å². The van der Waals surface area contributed by atoms with Crippen LogP contribution in [-0.2, 0) is 9.59 Å². The maximum atomic E-state index is 9.98. The second kappa shape index (κ2) is 4.03. The summed E-state index contributed by atoms with van der Waals surface area (Å²) in [6.45, 7) is -0.268. The lowest BCUT2D eigenvalue weighted by Crippen LogP contribution is -2.16. The normalized spacial score (nSPS) is 12.6. The number of aliphatic hydroxyl groups is 1. The average molecular weight is 132 g/mol. The number of carbonyl (C=O) groups is 2. The third-order valence-electron chi connectivity index (χ3n) is 0.922. The minimum Gasteiger partial charge on any atom is -0.481 e. The van der Waals surface area contributed by atoms with Crippen LogP contribution in [0.4, 0.5) is 0 Å². The van der Waals surface area contributed by atoms with Gasteiger partial charge >= 0.3 is 5.97 Å². The van der Waals surface area contributed by atoms with Crippen LogP contribution < -0.4 is 0 Å². The zero-order valence-corrected chi connectivity index (χ0v) is 4.78. The molecule has 9 heavy (non-hydrogen) atoms. The van der Waals surface area contributed by atoms with Crippen molar-refractivity contribution in [2.75, 3.05) is 6.61 Å². The summed E-state index contributed by atoms with van der Waals surface area (Å²) in [6, 6.07) is 0. The molecule has 0 radical (unpaired) electrons. The number of carboxylic acid groups (broad SMARTS) is 1. The molecule has 0 fully saturated rings. The molecule has 0 aliphatic carbocycles. The van der Waals surface area contributed by atoms with Crippen molar-refractivity contribution in [2.45, 2.75) is 6.42 Å². The summed E-state index contributed by atoms with van der Waals surface area (Å²) in [4.78, 5) is 19.8. The van der Waals surface area contributed by atoms with E-state index >= 15 is 0 Å². The molecule has 0 rings (SSSR count). The lowest BCUT2D eigenvalue weighted by atomic mass is 10.1. The van der Waals surface area contributed by atoms with Crippen LogP contribution in [0.15, 0.2) is 0 Å². The fourth-order valence-electron chi connectivity index (χ4n) is 0.389. The van der Waals surface area contributed by atoms with Crippen molar-refractivity contribution in [3.05, 3.63) is 0 Å². The molecule has 4 heteroatoms. The van der Waals surface area contributed by atoms with Crippen molar-refractivity contribution >= 4 is 12.3 Å². The molecule has 0 aromatic heterocycles. The van der Waals surface area contributed by atoms with Gasteiger partial charge in [-0.1, -0.05) is 0 Å². The Morgan fingerprint density at radius 3 is 2.33 bits per heavy atom. The fraction of sp³-hybridized carbons (Fsp3) is 0.600. The van der Waals surface area contributed by atoms with Gasteiger partial charge in [0, 0.05) is 6.61 Å². The Hall–Kier alpha value is -0.900. The molecule has 4 nitrogen and oxygen atoms in total. The number of aliphatic carboxylic acids is 1. The fourth-order valence-corrected chi connectivity index (χ4v) is 0.389. The van der Waals surface area contributed by atoms with Gasteiger partial charge in [-0.05, 0) is 6.42 Å². The zero-order valence-electron chi connectivity index (χ0n) is 4.78. The van der Waals surface area contributed by atoms with Gasteiger partial charge < -0.3 is 15.0 Å². The highest BCUT2D eigenvalue weighted by atomic mass is 16.4. The smallest absolute Gasteiger partial charge is 0.313 e. The quantitative estimate of drug-likeness (QED) is 0.390. The van der Waals surface area contributed by atoms with Gasteiger partial charge in [-0.2, -0.15) is 0 Å². The number of carbonyl (C=O) groups excluding carboxylic acids is 1. The lowest BCUT2D eigenvalue weighted by Gasteiger charge is -1.98. The molecular weight excluding hydrogens is 124 g/mol. The first-order valence-electron chi connectivity index (χ1n) is 2.51. The van der Waals surface area contributed by atoms with Crippen molar-refractivity contribution in [3.63, 3.8) is 0 Å². The first kappa shape index (κ1) is 8.10. The number of carboxylic acids is 1. The number of rotatable bonds is 4. The van der Waals surface area contributed by atoms with Crippen LogP contribution in [-0.4, -0.2) is 29.1 Å². The van der Waals surface area contributed by atoms with Gasteiger partial charge in [0.2, 0.25) is 0 Å². The van der Waals surface area contributed by atoms with Gasteiger partial charge in [-0.3, -0.25) is 4.79 Å². The molecule has 1 unspecified atom stereocenters. The second-order valence-corrected chi connectivity index (χ2v) is 1.59. The maximum Gasteiger partial charge on any atom is 0.313 e. The second-order valence-electron chi connectivity index (χ2n) is 1.59.